The maximum absolute atomic E-state index is 13.4. The van der Waals surface area contributed by atoms with Crippen molar-refractivity contribution in [1.82, 2.24) is 14.6 Å². The van der Waals surface area contributed by atoms with Crippen molar-refractivity contribution in [1.29, 1.82) is 0 Å². The summed E-state index contributed by atoms with van der Waals surface area (Å²) >= 11 is 0. The van der Waals surface area contributed by atoms with Gasteiger partial charge >= 0.3 is 5.97 Å². The van der Waals surface area contributed by atoms with Gasteiger partial charge in [-0.2, -0.15) is 0 Å². The Morgan fingerprint density at radius 2 is 1.86 bits per heavy atom. The van der Waals surface area contributed by atoms with Crippen LogP contribution in [0.2, 0.25) is 0 Å². The lowest BCUT2D eigenvalue weighted by Crippen LogP contribution is -2.48. The fourth-order valence-corrected chi connectivity index (χ4v) is 3.90. The second-order valence-corrected chi connectivity index (χ2v) is 7.18. The van der Waals surface area contributed by atoms with Crippen molar-refractivity contribution in [3.05, 3.63) is 70.2 Å². The summed E-state index contributed by atoms with van der Waals surface area (Å²) < 4.78 is 7.00. The number of carboxylic acids is 1. The molecule has 0 saturated carbocycles. The van der Waals surface area contributed by atoms with Gasteiger partial charge in [0.25, 0.3) is 5.91 Å². The number of hydrogen-bond donors (Lipinski definition) is 1. The Balaban J connectivity index is 1.74. The molecule has 4 rings (SSSR count). The van der Waals surface area contributed by atoms with Crippen LogP contribution in [0.3, 0.4) is 0 Å². The lowest BCUT2D eigenvalue weighted by atomic mass is 9.93. The van der Waals surface area contributed by atoms with Gasteiger partial charge in [-0.1, -0.05) is 29.4 Å². The van der Waals surface area contributed by atoms with Gasteiger partial charge in [-0.05, 0) is 38.0 Å². The number of amides is 1. The van der Waals surface area contributed by atoms with Crippen LogP contribution in [0.5, 0.6) is 0 Å². The number of carbonyl (C=O) groups excluding carboxylic acids is 1. The predicted octanol–water partition coefficient (Wildman–Crippen LogP) is 3.04. The van der Waals surface area contributed by atoms with Crippen LogP contribution in [-0.4, -0.2) is 37.6 Å². The molecular weight excluding hydrogens is 358 g/mol. The van der Waals surface area contributed by atoms with Gasteiger partial charge in [0, 0.05) is 30.4 Å². The lowest BCUT2D eigenvalue weighted by molar-refractivity contribution is -0.142. The first kappa shape index (κ1) is 18.0. The average Bonchev–Trinajstić information content (AvgIpc) is 3.22. The Morgan fingerprint density at radius 3 is 2.50 bits per heavy atom. The zero-order valence-electron chi connectivity index (χ0n) is 16.0. The molecule has 0 aliphatic carbocycles. The molecule has 3 heterocycles. The van der Waals surface area contributed by atoms with Gasteiger partial charge in [0.05, 0.1) is 5.56 Å². The first-order valence-corrected chi connectivity index (χ1v) is 9.10. The second-order valence-electron chi connectivity index (χ2n) is 7.18. The highest BCUT2D eigenvalue weighted by Crippen LogP contribution is 2.28. The minimum atomic E-state index is -0.996. The van der Waals surface area contributed by atoms with Crippen LogP contribution in [0, 0.1) is 20.8 Å². The van der Waals surface area contributed by atoms with Gasteiger partial charge in [-0.25, -0.2) is 4.79 Å². The van der Waals surface area contributed by atoms with Crippen LogP contribution in [0.15, 0.2) is 40.9 Å². The van der Waals surface area contributed by atoms with Crippen LogP contribution in [0.1, 0.15) is 38.6 Å². The first-order chi connectivity index (χ1) is 13.4. The van der Waals surface area contributed by atoms with Crippen molar-refractivity contribution in [2.45, 2.75) is 39.8 Å². The quantitative estimate of drug-likeness (QED) is 0.756. The molecule has 3 aromatic rings. The Labute approximate surface area is 162 Å². The number of carbonyl (C=O) groups is 2. The van der Waals surface area contributed by atoms with Gasteiger partial charge in [0.1, 0.15) is 11.8 Å². The molecule has 1 aromatic carbocycles. The molecule has 0 fully saturated rings. The van der Waals surface area contributed by atoms with Crippen LogP contribution in [-0.2, 0) is 17.8 Å². The molecule has 1 aliphatic rings. The van der Waals surface area contributed by atoms with Gasteiger partial charge in [0.2, 0.25) is 0 Å². The Hall–Kier alpha value is -3.35. The molecule has 144 valence electrons. The first-order valence-electron chi connectivity index (χ1n) is 9.10. The van der Waals surface area contributed by atoms with E-state index >= 15 is 0 Å². The molecule has 0 spiro atoms. The van der Waals surface area contributed by atoms with Gasteiger partial charge in [-0.3, -0.25) is 9.36 Å². The number of aryl methyl sites for hydroxylation is 2. The molecule has 7 nitrogen and oxygen atoms in total. The molecule has 28 heavy (non-hydrogen) atoms. The number of fused-ring (bicyclic) bond motifs is 1. The summed E-state index contributed by atoms with van der Waals surface area (Å²) in [4.78, 5) is 26.7. The highest BCUT2D eigenvalue weighted by molar-refractivity contribution is 5.98. The lowest BCUT2D eigenvalue weighted by Gasteiger charge is -2.34. The minimum Gasteiger partial charge on any atom is -0.480 e. The van der Waals surface area contributed by atoms with Crippen molar-refractivity contribution in [3.8, 4) is 5.82 Å². The van der Waals surface area contributed by atoms with E-state index in [1.54, 1.807) is 19.1 Å². The van der Waals surface area contributed by atoms with E-state index in [4.69, 9.17) is 4.52 Å². The van der Waals surface area contributed by atoms with Crippen molar-refractivity contribution in [3.63, 3.8) is 0 Å². The molecule has 2 aromatic heterocycles. The summed E-state index contributed by atoms with van der Waals surface area (Å²) in [5.41, 5.74) is 3.97. The number of rotatable bonds is 3. The van der Waals surface area contributed by atoms with Crippen LogP contribution >= 0.6 is 0 Å². The number of hydrogen-bond acceptors (Lipinski definition) is 4. The van der Waals surface area contributed by atoms with Gasteiger partial charge in [-0.15, -0.1) is 0 Å². The SMILES string of the molecule is Cc1cc(-n2c(C)cc(C(=O)N3Cc4ccccc4CC3C(=O)O)c2C)no1. The topological polar surface area (TPSA) is 88.6 Å². The van der Waals surface area contributed by atoms with E-state index < -0.39 is 12.0 Å². The van der Waals surface area contributed by atoms with E-state index in [2.05, 4.69) is 5.16 Å². The van der Waals surface area contributed by atoms with E-state index in [1.165, 1.54) is 4.90 Å². The van der Waals surface area contributed by atoms with Crippen molar-refractivity contribution >= 4 is 11.9 Å². The molecule has 1 atom stereocenters. The molecule has 7 heteroatoms. The molecular formula is C21H21N3O4. The largest absolute Gasteiger partial charge is 0.480 e. The van der Waals surface area contributed by atoms with Crippen molar-refractivity contribution < 1.29 is 19.2 Å². The van der Waals surface area contributed by atoms with E-state index in [0.717, 1.165) is 16.8 Å². The van der Waals surface area contributed by atoms with Crippen LogP contribution in [0.4, 0.5) is 0 Å². The third kappa shape index (κ3) is 2.89. The maximum atomic E-state index is 13.4. The molecule has 1 unspecified atom stereocenters. The summed E-state index contributed by atoms with van der Waals surface area (Å²) in [6, 6.07) is 10.3. The summed E-state index contributed by atoms with van der Waals surface area (Å²) in [5.74, 6) is -0.00969. The highest BCUT2D eigenvalue weighted by atomic mass is 16.5. The Kier molecular flexibility index (Phi) is 4.30. The zero-order chi connectivity index (χ0) is 20.0. The standard InChI is InChI=1S/C21H21N3O4/c1-12-8-17(14(3)24(12)19-9-13(2)28-22-19)20(25)23-11-16-7-5-4-6-15(16)10-18(23)21(26)27/h4-9,18H,10-11H2,1-3H3,(H,26,27). The monoisotopic (exact) mass is 379 g/mol. The average molecular weight is 379 g/mol. The Morgan fingerprint density at radius 1 is 1.14 bits per heavy atom. The predicted molar refractivity (Wildman–Crippen MR) is 101 cm³/mol. The van der Waals surface area contributed by atoms with Crippen LogP contribution in [0.25, 0.3) is 5.82 Å². The highest BCUT2D eigenvalue weighted by Gasteiger charge is 2.36. The van der Waals surface area contributed by atoms with E-state index in [0.29, 0.717) is 29.3 Å². The van der Waals surface area contributed by atoms with E-state index in [9.17, 15) is 14.7 Å². The number of carboxylic acid groups (broad SMARTS) is 1. The van der Waals surface area contributed by atoms with Crippen molar-refractivity contribution in [2.75, 3.05) is 0 Å². The second kappa shape index (κ2) is 6.67. The Bertz CT molecular complexity index is 1080. The zero-order valence-corrected chi connectivity index (χ0v) is 16.0. The summed E-state index contributed by atoms with van der Waals surface area (Å²) in [5, 5.41) is 13.8. The summed E-state index contributed by atoms with van der Waals surface area (Å²) in [7, 11) is 0. The van der Waals surface area contributed by atoms with Gasteiger partial charge < -0.3 is 14.5 Å². The minimum absolute atomic E-state index is 0.276. The number of nitrogens with zero attached hydrogens (tertiary/aromatic N) is 3. The fraction of sp³-hybridized carbons (Fsp3) is 0.286. The molecule has 1 N–H and O–H groups in total. The fourth-order valence-electron chi connectivity index (χ4n) is 3.90. The number of aliphatic carboxylic acids is 1. The third-order valence-electron chi connectivity index (χ3n) is 5.30. The summed E-state index contributed by atoms with van der Waals surface area (Å²) in [6.07, 6.45) is 0.304. The maximum Gasteiger partial charge on any atom is 0.326 e. The molecule has 0 radical (unpaired) electrons. The van der Waals surface area contributed by atoms with Crippen molar-refractivity contribution in [2.24, 2.45) is 0 Å². The van der Waals surface area contributed by atoms with E-state index in [1.807, 2.05) is 42.7 Å². The third-order valence-corrected chi connectivity index (χ3v) is 5.30. The molecule has 1 amide bonds. The number of aromatic nitrogens is 2. The normalized spacial score (nSPS) is 16.1. The smallest absolute Gasteiger partial charge is 0.326 e. The molecule has 0 bridgehead atoms. The van der Waals surface area contributed by atoms with Gasteiger partial charge in [0.15, 0.2) is 5.82 Å². The molecule has 1 aliphatic heterocycles. The number of benzene rings is 1. The molecule has 0 saturated heterocycles. The summed E-state index contributed by atoms with van der Waals surface area (Å²) in [6.45, 7) is 5.80. The van der Waals surface area contributed by atoms with E-state index in [-0.39, 0.29) is 12.5 Å². The van der Waals surface area contributed by atoms with Crippen LogP contribution < -0.4 is 0 Å².